The van der Waals surface area contributed by atoms with Gasteiger partial charge in [0.2, 0.25) is 0 Å². The van der Waals surface area contributed by atoms with Crippen molar-refractivity contribution in [1.82, 2.24) is 5.43 Å². The van der Waals surface area contributed by atoms with E-state index in [2.05, 4.69) is 10.5 Å². The monoisotopic (exact) mass is 288 g/mol. The van der Waals surface area contributed by atoms with Crippen molar-refractivity contribution in [3.63, 3.8) is 0 Å². The zero-order valence-electron chi connectivity index (χ0n) is 10.8. The quantitative estimate of drug-likeness (QED) is 0.694. The number of hydrazone groups is 1. The second kappa shape index (κ2) is 6.73. The number of halogens is 1. The number of benzene rings is 2. The van der Waals surface area contributed by atoms with Crippen molar-refractivity contribution < 1.29 is 9.53 Å². The van der Waals surface area contributed by atoms with Crippen molar-refractivity contribution in [1.29, 1.82) is 0 Å². The van der Waals surface area contributed by atoms with Crippen LogP contribution in [0.15, 0.2) is 53.6 Å². The molecule has 0 aliphatic heterocycles. The highest BCUT2D eigenvalue weighted by Gasteiger charge is 2.04. The fraction of sp³-hybridized carbons (Fsp3) is 0.0667. The van der Waals surface area contributed by atoms with Crippen LogP contribution in [0, 0.1) is 0 Å². The van der Waals surface area contributed by atoms with Gasteiger partial charge in [-0.15, -0.1) is 0 Å². The number of nitrogens with zero attached hydrogens (tertiary/aromatic N) is 1. The molecule has 0 aliphatic carbocycles. The fourth-order valence-corrected chi connectivity index (χ4v) is 1.67. The Labute approximate surface area is 122 Å². The number of methoxy groups -OCH3 is 1. The van der Waals surface area contributed by atoms with Crippen LogP contribution < -0.4 is 10.2 Å². The summed E-state index contributed by atoms with van der Waals surface area (Å²) in [5.74, 6) is 0.327. The lowest BCUT2D eigenvalue weighted by atomic mass is 10.2. The van der Waals surface area contributed by atoms with Crippen LogP contribution in [0.2, 0.25) is 5.02 Å². The molecule has 0 saturated heterocycles. The van der Waals surface area contributed by atoms with Gasteiger partial charge in [0.1, 0.15) is 5.75 Å². The highest BCUT2D eigenvalue weighted by Crippen LogP contribution is 2.12. The van der Waals surface area contributed by atoms with E-state index in [1.807, 2.05) is 12.1 Å². The maximum Gasteiger partial charge on any atom is 0.271 e. The van der Waals surface area contributed by atoms with Crippen molar-refractivity contribution >= 4 is 23.7 Å². The van der Waals surface area contributed by atoms with E-state index in [0.29, 0.717) is 16.3 Å². The minimum atomic E-state index is -0.297. The maximum atomic E-state index is 11.9. The number of carbonyl (C=O) groups is 1. The first kappa shape index (κ1) is 14.1. The Bertz CT molecular complexity index is 624. The molecule has 1 N–H and O–H groups in total. The lowest BCUT2D eigenvalue weighted by Crippen LogP contribution is -2.17. The van der Waals surface area contributed by atoms with Crippen LogP contribution >= 0.6 is 11.6 Å². The molecule has 4 nitrogen and oxygen atoms in total. The van der Waals surface area contributed by atoms with E-state index in [4.69, 9.17) is 16.3 Å². The van der Waals surface area contributed by atoms with Gasteiger partial charge in [0.05, 0.1) is 13.3 Å². The molecule has 2 rings (SSSR count). The van der Waals surface area contributed by atoms with Crippen LogP contribution in [0.1, 0.15) is 15.9 Å². The van der Waals surface area contributed by atoms with E-state index in [1.165, 1.54) is 0 Å². The molecule has 1 amide bonds. The maximum absolute atomic E-state index is 11.9. The van der Waals surface area contributed by atoms with Gasteiger partial charge in [-0.2, -0.15) is 5.10 Å². The zero-order chi connectivity index (χ0) is 14.4. The van der Waals surface area contributed by atoms with Crippen LogP contribution in [-0.2, 0) is 0 Å². The number of amides is 1. The normalized spacial score (nSPS) is 10.5. The Morgan fingerprint density at radius 1 is 1.25 bits per heavy atom. The molecule has 0 saturated carbocycles. The molecule has 0 bridgehead atoms. The van der Waals surface area contributed by atoms with E-state index in [0.717, 1.165) is 5.56 Å². The summed E-state index contributed by atoms with van der Waals surface area (Å²) < 4.78 is 5.06. The summed E-state index contributed by atoms with van der Waals surface area (Å²) in [7, 11) is 1.55. The molecule has 0 heterocycles. The number of carbonyl (C=O) groups excluding carboxylic acids is 1. The molecule has 5 heteroatoms. The largest absolute Gasteiger partial charge is 0.497 e. The van der Waals surface area contributed by atoms with Crippen molar-refractivity contribution in [3.8, 4) is 5.75 Å². The smallest absolute Gasteiger partial charge is 0.271 e. The average molecular weight is 289 g/mol. The van der Waals surface area contributed by atoms with Crippen LogP contribution in [0.4, 0.5) is 0 Å². The van der Waals surface area contributed by atoms with Crippen LogP contribution in [0.25, 0.3) is 0 Å². The van der Waals surface area contributed by atoms with Gasteiger partial charge in [-0.1, -0.05) is 29.8 Å². The highest BCUT2D eigenvalue weighted by molar-refractivity contribution is 6.30. The number of rotatable bonds is 4. The van der Waals surface area contributed by atoms with Gasteiger partial charge in [-0.3, -0.25) is 4.79 Å². The Hall–Kier alpha value is -2.33. The summed E-state index contributed by atoms with van der Waals surface area (Å²) in [6.45, 7) is 0. The van der Waals surface area contributed by atoms with E-state index < -0.39 is 0 Å². The highest BCUT2D eigenvalue weighted by atomic mass is 35.5. The molecular weight excluding hydrogens is 276 g/mol. The molecule has 0 aliphatic rings. The third-order valence-corrected chi connectivity index (χ3v) is 2.83. The number of hydrogen-bond donors (Lipinski definition) is 1. The molecule has 20 heavy (non-hydrogen) atoms. The van der Waals surface area contributed by atoms with Crippen LogP contribution in [0.3, 0.4) is 0 Å². The summed E-state index contributed by atoms with van der Waals surface area (Å²) in [6, 6.07) is 14.0. The summed E-state index contributed by atoms with van der Waals surface area (Å²) in [4.78, 5) is 11.9. The number of nitrogens with one attached hydrogen (secondary N) is 1. The molecule has 0 aromatic heterocycles. The number of hydrogen-bond acceptors (Lipinski definition) is 3. The van der Waals surface area contributed by atoms with Gasteiger partial charge in [0, 0.05) is 10.6 Å². The average Bonchev–Trinajstić information content (AvgIpc) is 2.49. The van der Waals surface area contributed by atoms with Crippen LogP contribution in [0.5, 0.6) is 5.75 Å². The van der Waals surface area contributed by atoms with Gasteiger partial charge >= 0.3 is 0 Å². The van der Waals surface area contributed by atoms with Gasteiger partial charge in [-0.25, -0.2) is 5.43 Å². The summed E-state index contributed by atoms with van der Waals surface area (Å²) in [6.07, 6.45) is 1.55. The third kappa shape index (κ3) is 3.83. The molecule has 0 fully saturated rings. The molecule has 0 radical (unpaired) electrons. The predicted octanol–water partition coefficient (Wildman–Crippen LogP) is 3.11. The fourth-order valence-electron chi connectivity index (χ4n) is 1.54. The van der Waals surface area contributed by atoms with Gasteiger partial charge in [-0.05, 0) is 35.9 Å². The minimum absolute atomic E-state index is 0.297. The predicted molar refractivity (Wildman–Crippen MR) is 79.5 cm³/mol. The van der Waals surface area contributed by atoms with E-state index in [-0.39, 0.29) is 5.91 Å². The van der Waals surface area contributed by atoms with E-state index in [1.54, 1.807) is 49.7 Å². The molecule has 102 valence electrons. The van der Waals surface area contributed by atoms with Crippen LogP contribution in [-0.4, -0.2) is 19.2 Å². The van der Waals surface area contributed by atoms with Crippen molar-refractivity contribution in [2.75, 3.05) is 7.11 Å². The first-order valence-corrected chi connectivity index (χ1v) is 6.30. The second-order valence-corrected chi connectivity index (χ2v) is 4.42. The summed E-state index contributed by atoms with van der Waals surface area (Å²) in [5.41, 5.74) is 3.79. The van der Waals surface area contributed by atoms with Gasteiger partial charge < -0.3 is 4.74 Å². The standard InChI is InChI=1S/C15H13ClN2O2/c1-20-14-4-2-3-12(9-14)15(19)18-17-10-11-5-7-13(16)8-6-11/h2-10H,1H3,(H,18,19)/b17-10-. The Morgan fingerprint density at radius 3 is 2.70 bits per heavy atom. The first-order valence-electron chi connectivity index (χ1n) is 5.92. The molecule has 2 aromatic rings. The Balaban J connectivity index is 1.99. The van der Waals surface area contributed by atoms with E-state index in [9.17, 15) is 4.79 Å². The molecular formula is C15H13ClN2O2. The Morgan fingerprint density at radius 2 is 2.00 bits per heavy atom. The summed E-state index contributed by atoms with van der Waals surface area (Å²) >= 11 is 5.78. The number of ether oxygens (including phenoxy) is 1. The Kier molecular flexibility index (Phi) is 4.74. The molecule has 0 spiro atoms. The topological polar surface area (TPSA) is 50.7 Å². The summed E-state index contributed by atoms with van der Waals surface area (Å²) in [5, 5.41) is 4.55. The minimum Gasteiger partial charge on any atom is -0.497 e. The third-order valence-electron chi connectivity index (χ3n) is 2.58. The van der Waals surface area contributed by atoms with Gasteiger partial charge in [0.15, 0.2) is 0 Å². The lowest BCUT2D eigenvalue weighted by Gasteiger charge is -2.02. The lowest BCUT2D eigenvalue weighted by molar-refractivity contribution is 0.0955. The van der Waals surface area contributed by atoms with Crippen molar-refractivity contribution in [2.24, 2.45) is 5.10 Å². The molecule has 0 atom stereocenters. The second-order valence-electron chi connectivity index (χ2n) is 3.98. The zero-order valence-corrected chi connectivity index (χ0v) is 11.6. The molecule has 2 aromatic carbocycles. The van der Waals surface area contributed by atoms with Crippen molar-refractivity contribution in [3.05, 3.63) is 64.7 Å². The van der Waals surface area contributed by atoms with Gasteiger partial charge in [0.25, 0.3) is 5.91 Å². The first-order chi connectivity index (χ1) is 9.69. The molecule has 0 unspecified atom stereocenters. The SMILES string of the molecule is COc1cccc(C(=O)N/N=C\c2ccc(Cl)cc2)c1. The van der Waals surface area contributed by atoms with Crippen molar-refractivity contribution in [2.45, 2.75) is 0 Å². The van der Waals surface area contributed by atoms with E-state index >= 15 is 0 Å².